The summed E-state index contributed by atoms with van der Waals surface area (Å²) in [7, 11) is 0. The molecule has 8 nitrogen and oxygen atoms in total. The van der Waals surface area contributed by atoms with Crippen LogP contribution in [0.3, 0.4) is 0 Å². The van der Waals surface area contributed by atoms with Crippen molar-refractivity contribution in [3.05, 3.63) is 11.1 Å². The molecular formula is C11H18N4O4S. The number of carbonyl (C=O) groups is 1. The van der Waals surface area contributed by atoms with Gasteiger partial charge in [0.1, 0.15) is 24.5 Å². The van der Waals surface area contributed by atoms with Crippen molar-refractivity contribution in [3.8, 4) is 5.19 Å². The molecule has 0 unspecified atom stereocenters. The molecule has 0 aliphatic rings. The number of amidine groups is 1. The van der Waals surface area contributed by atoms with Crippen LogP contribution >= 0.6 is 11.3 Å². The molecule has 4 N–H and O–H groups in total. The Balaban J connectivity index is 2.63. The lowest BCUT2D eigenvalue weighted by Crippen LogP contribution is -2.24. The van der Waals surface area contributed by atoms with Crippen molar-refractivity contribution in [2.75, 3.05) is 13.2 Å². The van der Waals surface area contributed by atoms with Crippen molar-refractivity contribution in [1.29, 1.82) is 0 Å². The summed E-state index contributed by atoms with van der Waals surface area (Å²) < 4.78 is 10.3. The molecule has 20 heavy (non-hydrogen) atoms. The molecule has 0 spiro atoms. The van der Waals surface area contributed by atoms with E-state index < -0.39 is 11.7 Å². The van der Waals surface area contributed by atoms with Crippen LogP contribution in [0.4, 0.5) is 4.79 Å². The zero-order valence-electron chi connectivity index (χ0n) is 11.6. The van der Waals surface area contributed by atoms with E-state index in [0.717, 1.165) is 0 Å². The quantitative estimate of drug-likeness (QED) is 0.361. The number of carbonyl (C=O) groups excluding carboxylic acids is 1. The van der Waals surface area contributed by atoms with Gasteiger partial charge < -0.3 is 20.0 Å². The Morgan fingerprint density at radius 3 is 2.75 bits per heavy atom. The minimum absolute atomic E-state index is 0.0274. The number of thiazole rings is 1. The zero-order chi connectivity index (χ0) is 15.2. The molecule has 0 aromatic carbocycles. The molecule has 1 rings (SSSR count). The van der Waals surface area contributed by atoms with Crippen LogP contribution in [0.2, 0.25) is 0 Å². The molecule has 112 valence electrons. The monoisotopic (exact) mass is 302 g/mol. The molecular weight excluding hydrogens is 284 g/mol. The summed E-state index contributed by atoms with van der Waals surface area (Å²) in [6, 6.07) is 0. The fourth-order valence-corrected chi connectivity index (χ4v) is 1.75. The van der Waals surface area contributed by atoms with Gasteiger partial charge in [0.2, 0.25) is 0 Å². The van der Waals surface area contributed by atoms with E-state index in [0.29, 0.717) is 10.9 Å². The number of nitrogens with two attached hydrogens (primary N) is 2. The first-order chi connectivity index (χ1) is 9.31. The third-order valence-electron chi connectivity index (χ3n) is 1.78. The summed E-state index contributed by atoms with van der Waals surface area (Å²) in [4.78, 5) is 23.5. The van der Waals surface area contributed by atoms with E-state index in [1.165, 1.54) is 11.3 Å². The Kier molecular flexibility index (Phi) is 5.86. The molecule has 0 fully saturated rings. The normalized spacial score (nSPS) is 12.3. The van der Waals surface area contributed by atoms with E-state index in [9.17, 15) is 4.79 Å². The fourth-order valence-electron chi connectivity index (χ4n) is 1.06. The highest BCUT2D eigenvalue weighted by Gasteiger charge is 2.17. The van der Waals surface area contributed by atoms with Crippen LogP contribution in [0.25, 0.3) is 0 Å². The van der Waals surface area contributed by atoms with E-state index in [4.69, 9.17) is 21.1 Å². The van der Waals surface area contributed by atoms with Gasteiger partial charge in [-0.25, -0.2) is 10.7 Å². The van der Waals surface area contributed by atoms with Crippen molar-refractivity contribution in [3.63, 3.8) is 0 Å². The average Bonchev–Trinajstić information content (AvgIpc) is 2.75. The Morgan fingerprint density at radius 1 is 1.45 bits per heavy atom. The van der Waals surface area contributed by atoms with Crippen LogP contribution in [-0.2, 0) is 9.57 Å². The summed E-state index contributed by atoms with van der Waals surface area (Å²) in [6.07, 6.45) is -0.762. The molecule has 9 heteroatoms. The summed E-state index contributed by atoms with van der Waals surface area (Å²) in [6.45, 7) is 5.74. The lowest BCUT2D eigenvalue weighted by Gasteiger charge is -2.17. The van der Waals surface area contributed by atoms with Gasteiger partial charge >= 0.3 is 6.09 Å². The molecule has 0 aliphatic heterocycles. The summed E-state index contributed by atoms with van der Waals surface area (Å²) in [5.74, 6) is 4.84. The van der Waals surface area contributed by atoms with Crippen LogP contribution in [0.15, 0.2) is 10.4 Å². The number of rotatable bonds is 5. The topological polar surface area (TPSA) is 122 Å². The smallest absolute Gasteiger partial charge is 0.436 e. The third-order valence-corrected chi connectivity index (χ3v) is 2.53. The SMILES string of the molecule is CC(C)(C)OC(=O)N=C(N)c1csc(OCCON)n1. The maximum absolute atomic E-state index is 11.5. The number of hydrogen-bond donors (Lipinski definition) is 2. The Labute approximate surface area is 120 Å². The first-order valence-corrected chi connectivity index (χ1v) is 6.67. The van der Waals surface area contributed by atoms with E-state index in [1.807, 2.05) is 0 Å². The van der Waals surface area contributed by atoms with Crippen molar-refractivity contribution >= 4 is 23.3 Å². The number of aromatic nitrogens is 1. The predicted molar refractivity (Wildman–Crippen MR) is 74.7 cm³/mol. The van der Waals surface area contributed by atoms with Crippen molar-refractivity contribution in [2.45, 2.75) is 26.4 Å². The van der Waals surface area contributed by atoms with Gasteiger partial charge in [-0.1, -0.05) is 11.3 Å². The molecule has 0 bridgehead atoms. The lowest BCUT2D eigenvalue weighted by atomic mass is 10.2. The van der Waals surface area contributed by atoms with Crippen LogP contribution in [-0.4, -0.2) is 35.7 Å². The lowest BCUT2D eigenvalue weighted by molar-refractivity contribution is 0.0604. The molecule has 0 atom stereocenters. The summed E-state index contributed by atoms with van der Waals surface area (Å²) >= 11 is 1.23. The number of aliphatic imine (C=N–C) groups is 1. The number of ether oxygens (including phenoxy) is 2. The third kappa shape index (κ3) is 5.95. The molecule has 0 saturated heterocycles. The first kappa shape index (κ1) is 16.3. The second-order valence-electron chi connectivity index (χ2n) is 4.70. The molecule has 0 saturated carbocycles. The maximum Gasteiger partial charge on any atom is 0.436 e. The largest absolute Gasteiger partial charge is 0.467 e. The fraction of sp³-hybridized carbons (Fsp3) is 0.545. The van der Waals surface area contributed by atoms with E-state index in [-0.39, 0.29) is 19.0 Å². The van der Waals surface area contributed by atoms with E-state index in [1.54, 1.807) is 26.2 Å². The maximum atomic E-state index is 11.5. The van der Waals surface area contributed by atoms with Gasteiger partial charge in [0.05, 0.1) is 0 Å². The minimum atomic E-state index is -0.762. The highest BCUT2D eigenvalue weighted by molar-refractivity contribution is 7.11. The van der Waals surface area contributed by atoms with Gasteiger partial charge in [-0.2, -0.15) is 9.98 Å². The van der Waals surface area contributed by atoms with Gasteiger partial charge in [-0.15, -0.1) is 0 Å². The van der Waals surface area contributed by atoms with Crippen LogP contribution in [0, 0.1) is 0 Å². The summed E-state index contributed by atoms with van der Waals surface area (Å²) in [5.41, 5.74) is 5.40. The Morgan fingerprint density at radius 2 is 2.15 bits per heavy atom. The number of nitrogens with zero attached hydrogens (tertiary/aromatic N) is 2. The Bertz CT molecular complexity index is 481. The van der Waals surface area contributed by atoms with Gasteiger partial charge in [-0.05, 0) is 20.8 Å². The number of amides is 1. The van der Waals surface area contributed by atoms with Crippen molar-refractivity contribution in [2.24, 2.45) is 16.6 Å². The second-order valence-corrected chi connectivity index (χ2v) is 5.52. The molecule has 0 aliphatic carbocycles. The van der Waals surface area contributed by atoms with Gasteiger partial charge in [0.15, 0.2) is 5.84 Å². The van der Waals surface area contributed by atoms with Crippen LogP contribution in [0.1, 0.15) is 26.5 Å². The molecule has 0 radical (unpaired) electrons. The number of hydrogen-bond acceptors (Lipinski definition) is 7. The molecule has 1 aromatic rings. The van der Waals surface area contributed by atoms with E-state index in [2.05, 4.69) is 14.8 Å². The standard InChI is InChI=1S/C11H18N4O4S/c1-11(2,3)19-9(16)15-8(12)7-6-20-10(14-7)17-4-5-18-13/h6H,4-5,13H2,1-3H3,(H2,12,15,16). The van der Waals surface area contributed by atoms with Gasteiger partial charge in [-0.3, -0.25) is 0 Å². The van der Waals surface area contributed by atoms with Crippen LogP contribution in [0.5, 0.6) is 5.19 Å². The Hall–Kier alpha value is -1.71. The highest BCUT2D eigenvalue weighted by Crippen LogP contribution is 2.18. The van der Waals surface area contributed by atoms with Crippen molar-refractivity contribution in [1.82, 2.24) is 4.98 Å². The summed E-state index contributed by atoms with van der Waals surface area (Å²) in [5, 5.41) is 2.02. The van der Waals surface area contributed by atoms with Crippen LogP contribution < -0.4 is 16.4 Å². The second kappa shape index (κ2) is 7.17. The molecule has 1 heterocycles. The molecule has 1 aromatic heterocycles. The highest BCUT2D eigenvalue weighted by atomic mass is 32.1. The zero-order valence-corrected chi connectivity index (χ0v) is 12.4. The van der Waals surface area contributed by atoms with Gasteiger partial charge in [0.25, 0.3) is 5.19 Å². The first-order valence-electron chi connectivity index (χ1n) is 5.79. The van der Waals surface area contributed by atoms with Crippen molar-refractivity contribution < 1.29 is 19.1 Å². The molecule has 1 amide bonds. The average molecular weight is 302 g/mol. The predicted octanol–water partition coefficient (Wildman–Crippen LogP) is 1.05. The minimum Gasteiger partial charge on any atom is -0.467 e. The van der Waals surface area contributed by atoms with Gasteiger partial charge in [0, 0.05) is 5.38 Å². The van der Waals surface area contributed by atoms with E-state index >= 15 is 0 Å².